The van der Waals surface area contributed by atoms with Gasteiger partial charge >= 0.3 is 0 Å². The molecule has 2 aliphatic heterocycles. The van der Waals surface area contributed by atoms with Crippen LogP contribution in [-0.4, -0.2) is 31.8 Å². The maximum atomic E-state index is 12.4. The Bertz CT molecular complexity index is 880. The molecule has 2 aromatic carbocycles. The molecule has 7 heteroatoms. The lowest BCUT2D eigenvalue weighted by molar-refractivity contribution is -0.125. The van der Waals surface area contributed by atoms with E-state index in [0.717, 1.165) is 0 Å². The Labute approximate surface area is 144 Å². The van der Waals surface area contributed by atoms with E-state index in [1.165, 1.54) is 0 Å². The molecule has 0 aromatic heterocycles. The SMILES string of the molecule is CC1Oc2cc(NC(=O)c3ccc4c(c3)OCO4)ccc2N(C)C1=O. The van der Waals surface area contributed by atoms with Gasteiger partial charge in [-0.3, -0.25) is 9.59 Å². The van der Waals surface area contributed by atoms with Crippen molar-refractivity contribution < 1.29 is 23.8 Å². The number of rotatable bonds is 2. The highest BCUT2D eigenvalue weighted by molar-refractivity contribution is 6.05. The average Bonchev–Trinajstić information content (AvgIpc) is 3.07. The number of anilines is 2. The maximum absolute atomic E-state index is 12.4. The third-order valence-electron chi connectivity index (χ3n) is 4.20. The van der Waals surface area contributed by atoms with Gasteiger partial charge < -0.3 is 24.4 Å². The van der Waals surface area contributed by atoms with Gasteiger partial charge in [0.05, 0.1) is 5.69 Å². The molecule has 2 aromatic rings. The number of carbonyl (C=O) groups is 2. The quantitative estimate of drug-likeness (QED) is 0.908. The van der Waals surface area contributed by atoms with E-state index in [4.69, 9.17) is 14.2 Å². The Morgan fingerprint density at radius 3 is 2.76 bits per heavy atom. The maximum Gasteiger partial charge on any atom is 0.267 e. The van der Waals surface area contributed by atoms with E-state index < -0.39 is 6.10 Å². The third kappa shape index (κ3) is 2.63. The summed E-state index contributed by atoms with van der Waals surface area (Å²) in [5, 5.41) is 2.82. The highest BCUT2D eigenvalue weighted by Gasteiger charge is 2.29. The second-order valence-corrected chi connectivity index (χ2v) is 5.86. The van der Waals surface area contributed by atoms with Crippen LogP contribution in [0.5, 0.6) is 17.2 Å². The number of ether oxygens (including phenoxy) is 3. The van der Waals surface area contributed by atoms with Crippen molar-refractivity contribution in [3.63, 3.8) is 0 Å². The summed E-state index contributed by atoms with van der Waals surface area (Å²) in [6.07, 6.45) is -0.558. The van der Waals surface area contributed by atoms with Gasteiger partial charge in [-0.25, -0.2) is 0 Å². The monoisotopic (exact) mass is 340 g/mol. The Hall–Kier alpha value is -3.22. The zero-order valence-electron chi connectivity index (χ0n) is 13.7. The fourth-order valence-corrected chi connectivity index (χ4v) is 2.84. The van der Waals surface area contributed by atoms with Crippen LogP contribution in [0.4, 0.5) is 11.4 Å². The Kier molecular flexibility index (Phi) is 3.49. The van der Waals surface area contributed by atoms with Crippen LogP contribution in [0, 0.1) is 0 Å². The summed E-state index contributed by atoms with van der Waals surface area (Å²) in [6, 6.07) is 10.2. The fourth-order valence-electron chi connectivity index (χ4n) is 2.84. The van der Waals surface area contributed by atoms with Gasteiger partial charge in [0.25, 0.3) is 11.8 Å². The van der Waals surface area contributed by atoms with Gasteiger partial charge in [-0.05, 0) is 37.3 Å². The molecule has 0 spiro atoms. The molecule has 0 aliphatic carbocycles. The second kappa shape index (κ2) is 5.70. The van der Waals surface area contributed by atoms with Gasteiger partial charge in [-0.15, -0.1) is 0 Å². The third-order valence-corrected chi connectivity index (χ3v) is 4.20. The first-order valence-corrected chi connectivity index (χ1v) is 7.82. The molecule has 4 rings (SSSR count). The van der Waals surface area contributed by atoms with Gasteiger partial charge in [0.1, 0.15) is 5.75 Å². The topological polar surface area (TPSA) is 77.1 Å². The molecule has 2 amide bonds. The summed E-state index contributed by atoms with van der Waals surface area (Å²) >= 11 is 0. The van der Waals surface area contributed by atoms with Crippen LogP contribution in [0.3, 0.4) is 0 Å². The van der Waals surface area contributed by atoms with E-state index in [9.17, 15) is 9.59 Å². The van der Waals surface area contributed by atoms with Crippen molar-refractivity contribution in [1.29, 1.82) is 0 Å². The highest BCUT2D eigenvalue weighted by atomic mass is 16.7. The van der Waals surface area contributed by atoms with Crippen LogP contribution < -0.4 is 24.4 Å². The van der Waals surface area contributed by atoms with E-state index in [2.05, 4.69) is 5.32 Å². The molecule has 25 heavy (non-hydrogen) atoms. The number of amides is 2. The Morgan fingerprint density at radius 1 is 1.12 bits per heavy atom. The Balaban J connectivity index is 1.56. The molecule has 7 nitrogen and oxygen atoms in total. The standard InChI is InChI=1S/C18H16N2O5/c1-10-18(22)20(2)13-5-4-12(8-15(13)25-10)19-17(21)11-3-6-14-16(7-11)24-9-23-14/h3-8,10H,9H2,1-2H3,(H,19,21). The van der Waals surface area contributed by atoms with Crippen LogP contribution in [0.25, 0.3) is 0 Å². The summed E-state index contributed by atoms with van der Waals surface area (Å²) < 4.78 is 16.2. The Morgan fingerprint density at radius 2 is 1.92 bits per heavy atom. The first-order chi connectivity index (χ1) is 12.0. The number of hydrogen-bond acceptors (Lipinski definition) is 5. The minimum atomic E-state index is -0.558. The lowest BCUT2D eigenvalue weighted by Gasteiger charge is -2.30. The summed E-state index contributed by atoms with van der Waals surface area (Å²) in [4.78, 5) is 25.9. The molecule has 1 unspecified atom stereocenters. The van der Waals surface area contributed by atoms with Crippen molar-refractivity contribution in [2.45, 2.75) is 13.0 Å². The predicted molar refractivity (Wildman–Crippen MR) is 90.5 cm³/mol. The van der Waals surface area contributed by atoms with Crippen LogP contribution >= 0.6 is 0 Å². The molecule has 128 valence electrons. The van der Waals surface area contributed by atoms with Gasteiger partial charge in [-0.2, -0.15) is 0 Å². The zero-order chi connectivity index (χ0) is 17.6. The number of fused-ring (bicyclic) bond motifs is 2. The number of hydrogen-bond donors (Lipinski definition) is 1. The predicted octanol–water partition coefficient (Wildman–Crippen LogP) is 2.41. The zero-order valence-corrected chi connectivity index (χ0v) is 13.7. The summed E-state index contributed by atoms with van der Waals surface area (Å²) in [6.45, 7) is 1.85. The number of carbonyl (C=O) groups excluding carboxylic acids is 2. The van der Waals surface area contributed by atoms with E-state index in [-0.39, 0.29) is 18.6 Å². The molecule has 1 atom stereocenters. The molecule has 2 aliphatic rings. The second-order valence-electron chi connectivity index (χ2n) is 5.86. The smallest absolute Gasteiger partial charge is 0.267 e. The molecule has 0 saturated carbocycles. The van der Waals surface area contributed by atoms with Crippen molar-refractivity contribution in [3.05, 3.63) is 42.0 Å². The average molecular weight is 340 g/mol. The first-order valence-electron chi connectivity index (χ1n) is 7.82. The number of nitrogens with zero attached hydrogens (tertiary/aromatic N) is 1. The van der Waals surface area contributed by atoms with Gasteiger partial charge in [-0.1, -0.05) is 0 Å². The molecule has 0 saturated heterocycles. The van der Waals surface area contributed by atoms with E-state index in [0.29, 0.717) is 34.2 Å². The minimum absolute atomic E-state index is 0.107. The van der Waals surface area contributed by atoms with Gasteiger partial charge in [0.15, 0.2) is 17.6 Å². The lowest BCUT2D eigenvalue weighted by Crippen LogP contribution is -2.41. The van der Waals surface area contributed by atoms with Crippen molar-refractivity contribution in [3.8, 4) is 17.2 Å². The summed E-state index contributed by atoms with van der Waals surface area (Å²) in [5.41, 5.74) is 1.71. The molecule has 0 radical (unpaired) electrons. The molecule has 1 N–H and O–H groups in total. The lowest BCUT2D eigenvalue weighted by atomic mass is 10.1. The first kappa shape index (κ1) is 15.3. The summed E-state index contributed by atoms with van der Waals surface area (Å²) in [7, 11) is 1.70. The van der Waals surface area contributed by atoms with Crippen LogP contribution in [0.15, 0.2) is 36.4 Å². The van der Waals surface area contributed by atoms with Gasteiger partial charge in [0.2, 0.25) is 6.79 Å². The van der Waals surface area contributed by atoms with Crippen molar-refractivity contribution >= 4 is 23.2 Å². The molecule has 0 fully saturated rings. The van der Waals surface area contributed by atoms with Gasteiger partial charge in [0, 0.05) is 24.4 Å². The largest absolute Gasteiger partial charge is 0.479 e. The van der Waals surface area contributed by atoms with Crippen molar-refractivity contribution in [1.82, 2.24) is 0 Å². The highest BCUT2D eigenvalue weighted by Crippen LogP contribution is 2.36. The van der Waals surface area contributed by atoms with Crippen molar-refractivity contribution in [2.24, 2.45) is 0 Å². The number of benzene rings is 2. The molecule has 0 bridgehead atoms. The number of likely N-dealkylation sites (N-methyl/N-ethyl adjacent to an activating group) is 1. The number of nitrogens with one attached hydrogen (secondary N) is 1. The molecular weight excluding hydrogens is 324 g/mol. The van der Waals surface area contributed by atoms with E-state index in [1.807, 2.05) is 0 Å². The van der Waals surface area contributed by atoms with Crippen LogP contribution in [0.1, 0.15) is 17.3 Å². The fraction of sp³-hybridized carbons (Fsp3) is 0.222. The summed E-state index contributed by atoms with van der Waals surface area (Å²) in [5.74, 6) is 1.35. The normalized spacial score (nSPS) is 17.8. The van der Waals surface area contributed by atoms with E-state index in [1.54, 1.807) is 55.3 Å². The molecular formula is C18H16N2O5. The van der Waals surface area contributed by atoms with Crippen LogP contribution in [0.2, 0.25) is 0 Å². The van der Waals surface area contributed by atoms with Crippen LogP contribution in [-0.2, 0) is 4.79 Å². The van der Waals surface area contributed by atoms with E-state index >= 15 is 0 Å². The molecule has 2 heterocycles. The van der Waals surface area contributed by atoms with Crippen molar-refractivity contribution in [2.75, 3.05) is 24.1 Å². The minimum Gasteiger partial charge on any atom is -0.479 e.